The van der Waals surface area contributed by atoms with Crippen molar-refractivity contribution in [1.82, 2.24) is 10.0 Å². The summed E-state index contributed by atoms with van der Waals surface area (Å²) < 4.78 is 64.2. The second kappa shape index (κ2) is 15.0. The number of methoxy groups -OCH3 is 1. The van der Waals surface area contributed by atoms with Gasteiger partial charge in [0.2, 0.25) is 10.0 Å². The first-order chi connectivity index (χ1) is 22.2. The van der Waals surface area contributed by atoms with Gasteiger partial charge >= 0.3 is 5.97 Å². The number of carbonyl (C=O) groups excluding carboxylic acids is 2. The first-order valence-electron chi connectivity index (χ1n) is 15.1. The summed E-state index contributed by atoms with van der Waals surface area (Å²) >= 11 is 0. The first kappa shape index (κ1) is 33.3. The number of esters is 1. The fourth-order valence-corrected chi connectivity index (χ4v) is 6.37. The van der Waals surface area contributed by atoms with Gasteiger partial charge in [-0.05, 0) is 90.4 Å². The maximum atomic E-state index is 13.6. The molecule has 0 bridgehead atoms. The van der Waals surface area contributed by atoms with Gasteiger partial charge < -0.3 is 23.9 Å². The molecule has 3 aromatic carbocycles. The number of benzene rings is 3. The molecule has 1 amide bonds. The van der Waals surface area contributed by atoms with Crippen LogP contribution in [0.2, 0.25) is 0 Å². The molecule has 1 fully saturated rings. The molecule has 0 atom stereocenters. The van der Waals surface area contributed by atoms with Crippen molar-refractivity contribution in [2.24, 2.45) is 0 Å². The molecule has 1 aliphatic rings. The zero-order valence-electron chi connectivity index (χ0n) is 25.8. The third kappa shape index (κ3) is 8.38. The van der Waals surface area contributed by atoms with Gasteiger partial charge in [-0.3, -0.25) is 4.79 Å². The van der Waals surface area contributed by atoms with Crippen molar-refractivity contribution in [2.75, 3.05) is 47.1 Å². The quantitative estimate of drug-likeness (QED) is 0.128. The Kier molecular flexibility index (Phi) is 10.8. The summed E-state index contributed by atoms with van der Waals surface area (Å²) in [7, 11) is -0.840. The summed E-state index contributed by atoms with van der Waals surface area (Å²) in [5, 5.41) is 3.23. The van der Waals surface area contributed by atoms with Gasteiger partial charge in [0.15, 0.2) is 0 Å². The number of furan rings is 1. The predicted octanol–water partition coefficient (Wildman–Crippen LogP) is 4.96. The average molecular weight is 653 g/mol. The van der Waals surface area contributed by atoms with E-state index in [2.05, 4.69) is 10.0 Å². The van der Waals surface area contributed by atoms with Crippen molar-refractivity contribution < 1.29 is 41.0 Å². The molecular formula is C34H37FN2O8S. The molecular weight excluding hydrogens is 615 g/mol. The van der Waals surface area contributed by atoms with E-state index in [1.807, 2.05) is 18.2 Å². The Labute approximate surface area is 267 Å². The van der Waals surface area contributed by atoms with Crippen molar-refractivity contribution in [3.8, 4) is 11.3 Å². The highest BCUT2D eigenvalue weighted by atomic mass is 32.2. The minimum Gasteiger partial charge on any atom is -0.465 e. The SMILES string of the molecule is CNC(=O)c1c(-c2ccc(F)cc2)oc2cc(CS(=O)(=O)NCCOCCOCCc3ccc(C(=O)OC)cc3)c(C3CC3)cc12. The van der Waals surface area contributed by atoms with E-state index >= 15 is 0 Å². The molecule has 2 N–H and O–H groups in total. The van der Waals surface area contributed by atoms with Crippen LogP contribution >= 0.6 is 0 Å². The summed E-state index contributed by atoms with van der Waals surface area (Å²) in [6, 6.07) is 16.4. The van der Waals surface area contributed by atoms with Crippen LogP contribution in [0.1, 0.15) is 56.2 Å². The molecule has 0 spiro atoms. The van der Waals surface area contributed by atoms with E-state index in [-0.39, 0.29) is 36.7 Å². The van der Waals surface area contributed by atoms with Crippen LogP contribution in [0.4, 0.5) is 4.39 Å². The fraction of sp³-hybridized carbons (Fsp3) is 0.353. The molecule has 244 valence electrons. The van der Waals surface area contributed by atoms with Crippen molar-refractivity contribution >= 4 is 32.9 Å². The number of fused-ring (bicyclic) bond motifs is 1. The normalized spacial score (nSPS) is 13.2. The second-order valence-electron chi connectivity index (χ2n) is 11.0. The predicted molar refractivity (Wildman–Crippen MR) is 171 cm³/mol. The Hall–Kier alpha value is -4.10. The van der Waals surface area contributed by atoms with E-state index in [1.54, 1.807) is 30.3 Å². The molecule has 0 unspecified atom stereocenters. The minimum atomic E-state index is -3.71. The Morgan fingerprint density at radius 1 is 0.957 bits per heavy atom. The maximum Gasteiger partial charge on any atom is 0.337 e. The van der Waals surface area contributed by atoms with Crippen LogP contribution in [-0.2, 0) is 36.4 Å². The molecule has 1 aliphatic carbocycles. The fourth-order valence-electron chi connectivity index (χ4n) is 5.22. The van der Waals surface area contributed by atoms with E-state index in [4.69, 9.17) is 18.6 Å². The highest BCUT2D eigenvalue weighted by Crippen LogP contribution is 2.45. The van der Waals surface area contributed by atoms with Crippen LogP contribution in [0.15, 0.2) is 65.1 Å². The lowest BCUT2D eigenvalue weighted by Crippen LogP contribution is -2.29. The van der Waals surface area contributed by atoms with Gasteiger partial charge in [0, 0.05) is 24.5 Å². The van der Waals surface area contributed by atoms with Crippen molar-refractivity contribution in [2.45, 2.75) is 30.9 Å². The largest absolute Gasteiger partial charge is 0.465 e. The highest BCUT2D eigenvalue weighted by molar-refractivity contribution is 7.88. The number of ether oxygens (including phenoxy) is 3. The van der Waals surface area contributed by atoms with Gasteiger partial charge in [0.1, 0.15) is 17.2 Å². The number of carbonyl (C=O) groups is 2. The molecule has 0 saturated heterocycles. The molecule has 0 radical (unpaired) electrons. The zero-order valence-corrected chi connectivity index (χ0v) is 26.6. The maximum absolute atomic E-state index is 13.6. The van der Waals surface area contributed by atoms with E-state index in [1.165, 1.54) is 26.3 Å². The van der Waals surface area contributed by atoms with Crippen LogP contribution in [0, 0.1) is 5.82 Å². The number of rotatable bonds is 16. The van der Waals surface area contributed by atoms with Gasteiger partial charge in [-0.25, -0.2) is 22.3 Å². The Balaban J connectivity index is 1.14. The minimum absolute atomic E-state index is 0.103. The van der Waals surface area contributed by atoms with Crippen LogP contribution in [0.25, 0.3) is 22.3 Å². The Morgan fingerprint density at radius 2 is 1.65 bits per heavy atom. The van der Waals surface area contributed by atoms with Crippen LogP contribution in [0.5, 0.6) is 0 Å². The summed E-state index contributed by atoms with van der Waals surface area (Å²) in [4.78, 5) is 24.4. The third-order valence-corrected chi connectivity index (χ3v) is 9.06. The topological polar surface area (TPSA) is 133 Å². The molecule has 1 aromatic heterocycles. The standard InChI is InChI=1S/C34H37FN2O8S/c1-36-33(38)31-29-20-28(23-7-8-23)26(19-30(29)45-32(31)24-9-11-27(35)12-10-24)21-46(40,41)37-14-16-44-18-17-43-15-13-22-3-5-25(6-4-22)34(39)42-2/h3-6,9-12,19-20,23,37H,7-8,13-18,21H2,1-2H3,(H,36,38). The summed E-state index contributed by atoms with van der Waals surface area (Å²) in [6.45, 7) is 1.44. The average Bonchev–Trinajstić information content (AvgIpc) is 3.83. The molecule has 1 saturated carbocycles. The number of hydrogen-bond acceptors (Lipinski definition) is 8. The molecule has 12 heteroatoms. The molecule has 46 heavy (non-hydrogen) atoms. The highest BCUT2D eigenvalue weighted by Gasteiger charge is 2.31. The van der Waals surface area contributed by atoms with Crippen molar-refractivity contribution in [3.05, 3.63) is 94.3 Å². The lowest BCUT2D eigenvalue weighted by molar-refractivity contribution is 0.0511. The molecule has 1 heterocycles. The third-order valence-electron chi connectivity index (χ3n) is 7.72. The van der Waals surface area contributed by atoms with Crippen LogP contribution < -0.4 is 10.0 Å². The Morgan fingerprint density at radius 3 is 2.30 bits per heavy atom. The monoisotopic (exact) mass is 652 g/mol. The van der Waals surface area contributed by atoms with Gasteiger partial charge in [-0.15, -0.1) is 0 Å². The van der Waals surface area contributed by atoms with Crippen LogP contribution in [-0.4, -0.2) is 67.4 Å². The van der Waals surface area contributed by atoms with Gasteiger partial charge in [0.25, 0.3) is 5.91 Å². The number of amides is 1. The molecule has 5 rings (SSSR count). The second-order valence-corrected chi connectivity index (χ2v) is 12.8. The van der Waals surface area contributed by atoms with Gasteiger partial charge in [-0.2, -0.15) is 0 Å². The van der Waals surface area contributed by atoms with E-state index in [9.17, 15) is 22.4 Å². The summed E-state index contributed by atoms with van der Waals surface area (Å²) in [6.07, 6.45) is 2.54. The smallest absolute Gasteiger partial charge is 0.337 e. The number of halogens is 1. The van der Waals surface area contributed by atoms with Crippen molar-refractivity contribution in [1.29, 1.82) is 0 Å². The van der Waals surface area contributed by atoms with Crippen LogP contribution in [0.3, 0.4) is 0 Å². The lowest BCUT2D eigenvalue weighted by Gasteiger charge is -2.12. The van der Waals surface area contributed by atoms with Gasteiger partial charge in [0.05, 0.1) is 50.4 Å². The lowest BCUT2D eigenvalue weighted by atomic mass is 9.98. The molecule has 0 aliphatic heterocycles. The van der Waals surface area contributed by atoms with E-state index in [0.717, 1.165) is 24.0 Å². The molecule has 4 aromatic rings. The number of nitrogens with one attached hydrogen (secondary N) is 2. The summed E-state index contributed by atoms with van der Waals surface area (Å²) in [5.74, 6) is -0.882. The summed E-state index contributed by atoms with van der Waals surface area (Å²) in [5.41, 5.74) is 4.26. The van der Waals surface area contributed by atoms with Crippen molar-refractivity contribution in [3.63, 3.8) is 0 Å². The number of sulfonamides is 1. The Bertz CT molecular complexity index is 1780. The number of hydrogen-bond donors (Lipinski definition) is 2. The van der Waals surface area contributed by atoms with Gasteiger partial charge in [-0.1, -0.05) is 12.1 Å². The first-order valence-corrected chi connectivity index (χ1v) is 16.7. The van der Waals surface area contributed by atoms with E-state index in [0.29, 0.717) is 65.2 Å². The van der Waals surface area contributed by atoms with E-state index < -0.39 is 15.8 Å². The zero-order chi connectivity index (χ0) is 32.7. The molecule has 10 nitrogen and oxygen atoms in total.